The number of amides is 1. The first-order chi connectivity index (χ1) is 13.8. The van der Waals surface area contributed by atoms with E-state index in [2.05, 4.69) is 15.5 Å². The Bertz CT molecular complexity index is 1090. The SMILES string of the molecule is CC(=O)c1cccc(NC(=O)COC(=O)c2nn(-c3cccc(Cl)c3)nc2C)c1. The van der Waals surface area contributed by atoms with Gasteiger partial charge in [0.15, 0.2) is 18.1 Å². The molecule has 1 amide bonds. The van der Waals surface area contributed by atoms with E-state index in [0.717, 1.165) is 0 Å². The minimum atomic E-state index is -0.775. The summed E-state index contributed by atoms with van der Waals surface area (Å²) in [6.07, 6.45) is 0. The van der Waals surface area contributed by atoms with Crippen LogP contribution in [0.4, 0.5) is 5.69 Å². The minimum absolute atomic E-state index is 0.00338. The third kappa shape index (κ3) is 5.05. The molecule has 1 aromatic heterocycles. The zero-order valence-corrected chi connectivity index (χ0v) is 16.4. The molecule has 0 bridgehead atoms. The Hall–Kier alpha value is -3.52. The topological polar surface area (TPSA) is 103 Å². The molecule has 3 aromatic rings. The van der Waals surface area contributed by atoms with Gasteiger partial charge in [0.2, 0.25) is 0 Å². The van der Waals surface area contributed by atoms with E-state index in [4.69, 9.17) is 16.3 Å². The molecular formula is C20H17ClN4O4. The van der Waals surface area contributed by atoms with Crippen LogP contribution in [0.5, 0.6) is 0 Å². The van der Waals surface area contributed by atoms with Crippen molar-refractivity contribution in [1.82, 2.24) is 15.0 Å². The Balaban J connectivity index is 1.63. The van der Waals surface area contributed by atoms with Crippen molar-refractivity contribution in [2.24, 2.45) is 0 Å². The molecule has 0 spiro atoms. The van der Waals surface area contributed by atoms with E-state index in [9.17, 15) is 14.4 Å². The number of anilines is 1. The fraction of sp³-hybridized carbons (Fsp3) is 0.150. The highest BCUT2D eigenvalue weighted by atomic mass is 35.5. The Morgan fingerprint density at radius 2 is 1.86 bits per heavy atom. The number of carbonyl (C=O) groups excluding carboxylic acids is 3. The average Bonchev–Trinajstić information content (AvgIpc) is 3.08. The van der Waals surface area contributed by atoms with Crippen molar-refractivity contribution in [2.75, 3.05) is 11.9 Å². The van der Waals surface area contributed by atoms with E-state index >= 15 is 0 Å². The highest BCUT2D eigenvalue weighted by molar-refractivity contribution is 6.30. The number of hydrogen-bond donors (Lipinski definition) is 1. The summed E-state index contributed by atoms with van der Waals surface area (Å²) in [6, 6.07) is 13.3. The van der Waals surface area contributed by atoms with Crippen molar-refractivity contribution in [2.45, 2.75) is 13.8 Å². The van der Waals surface area contributed by atoms with Crippen molar-refractivity contribution >= 4 is 34.9 Å². The summed E-state index contributed by atoms with van der Waals surface area (Å²) in [5, 5.41) is 11.4. The molecule has 2 aromatic carbocycles. The highest BCUT2D eigenvalue weighted by Crippen LogP contribution is 2.15. The quantitative estimate of drug-likeness (QED) is 0.492. The molecule has 0 aliphatic carbocycles. The Morgan fingerprint density at radius 3 is 2.59 bits per heavy atom. The molecule has 3 rings (SSSR count). The zero-order valence-electron chi connectivity index (χ0n) is 15.7. The largest absolute Gasteiger partial charge is 0.451 e. The van der Waals surface area contributed by atoms with Gasteiger partial charge in [-0.1, -0.05) is 29.8 Å². The monoisotopic (exact) mass is 412 g/mol. The standard InChI is InChI=1S/C20H17ClN4O4/c1-12-19(24-25(23-12)17-8-4-6-15(21)10-17)20(28)29-11-18(27)22-16-7-3-5-14(9-16)13(2)26/h3-10H,11H2,1-2H3,(H,22,27). The first-order valence-corrected chi connectivity index (χ1v) is 8.99. The fourth-order valence-electron chi connectivity index (χ4n) is 2.50. The van der Waals surface area contributed by atoms with Crippen molar-refractivity contribution in [3.63, 3.8) is 0 Å². The second kappa shape index (κ2) is 8.66. The molecule has 1 heterocycles. The van der Waals surface area contributed by atoms with E-state index in [-0.39, 0.29) is 11.5 Å². The molecule has 0 saturated heterocycles. The van der Waals surface area contributed by atoms with Crippen LogP contribution in [0.2, 0.25) is 5.02 Å². The van der Waals surface area contributed by atoms with Crippen LogP contribution in [0.25, 0.3) is 5.69 Å². The summed E-state index contributed by atoms with van der Waals surface area (Å²) >= 11 is 5.96. The molecular weight excluding hydrogens is 396 g/mol. The number of rotatable bonds is 6. The summed E-state index contributed by atoms with van der Waals surface area (Å²) in [6.45, 7) is 2.53. The van der Waals surface area contributed by atoms with Gasteiger partial charge in [0.1, 0.15) is 0 Å². The molecule has 8 nitrogen and oxygen atoms in total. The second-order valence-electron chi connectivity index (χ2n) is 6.16. The van der Waals surface area contributed by atoms with Gasteiger partial charge in [0.25, 0.3) is 5.91 Å². The van der Waals surface area contributed by atoms with Crippen molar-refractivity contribution in [3.05, 3.63) is 70.5 Å². The van der Waals surface area contributed by atoms with E-state index < -0.39 is 18.5 Å². The van der Waals surface area contributed by atoms with Gasteiger partial charge in [-0.15, -0.1) is 5.10 Å². The fourth-order valence-corrected chi connectivity index (χ4v) is 2.68. The number of nitrogens with one attached hydrogen (secondary N) is 1. The molecule has 0 radical (unpaired) electrons. The number of hydrogen-bond acceptors (Lipinski definition) is 6. The maximum absolute atomic E-state index is 12.3. The van der Waals surface area contributed by atoms with Gasteiger partial charge in [0, 0.05) is 16.3 Å². The second-order valence-corrected chi connectivity index (χ2v) is 6.60. The molecule has 9 heteroatoms. The summed E-state index contributed by atoms with van der Waals surface area (Å²) in [4.78, 5) is 37.0. The lowest BCUT2D eigenvalue weighted by Gasteiger charge is -2.07. The predicted octanol–water partition coefficient (Wildman–Crippen LogP) is 3.23. The minimum Gasteiger partial charge on any atom is -0.451 e. The van der Waals surface area contributed by atoms with Gasteiger partial charge < -0.3 is 10.1 Å². The van der Waals surface area contributed by atoms with Crippen LogP contribution in [0.1, 0.15) is 33.5 Å². The van der Waals surface area contributed by atoms with Gasteiger partial charge in [-0.2, -0.15) is 9.90 Å². The highest BCUT2D eigenvalue weighted by Gasteiger charge is 2.19. The smallest absolute Gasteiger partial charge is 0.361 e. The van der Waals surface area contributed by atoms with E-state index in [1.807, 2.05) is 0 Å². The molecule has 29 heavy (non-hydrogen) atoms. The first kappa shape index (κ1) is 20.2. The van der Waals surface area contributed by atoms with Crippen LogP contribution in [0, 0.1) is 6.92 Å². The summed E-state index contributed by atoms with van der Waals surface area (Å²) in [5.74, 6) is -1.44. The van der Waals surface area contributed by atoms with Crippen molar-refractivity contribution in [1.29, 1.82) is 0 Å². The number of carbonyl (C=O) groups is 3. The number of ether oxygens (including phenoxy) is 1. The van der Waals surface area contributed by atoms with Gasteiger partial charge in [-0.25, -0.2) is 4.79 Å². The molecule has 0 fully saturated rings. The van der Waals surface area contributed by atoms with Crippen LogP contribution in [0.3, 0.4) is 0 Å². The molecule has 0 aliphatic rings. The number of nitrogens with zero attached hydrogens (tertiary/aromatic N) is 3. The van der Waals surface area contributed by atoms with Crippen LogP contribution >= 0.6 is 11.6 Å². The lowest BCUT2D eigenvalue weighted by molar-refractivity contribution is -0.119. The van der Waals surface area contributed by atoms with Gasteiger partial charge in [-0.3, -0.25) is 9.59 Å². The lowest BCUT2D eigenvalue weighted by atomic mass is 10.1. The summed E-state index contributed by atoms with van der Waals surface area (Å²) in [5.41, 5.74) is 1.83. The lowest BCUT2D eigenvalue weighted by Crippen LogP contribution is -2.21. The molecule has 0 saturated carbocycles. The molecule has 0 aliphatic heterocycles. The number of halogens is 1. The third-order valence-electron chi connectivity index (χ3n) is 3.90. The summed E-state index contributed by atoms with van der Waals surface area (Å²) < 4.78 is 5.03. The Labute approximate surface area is 171 Å². The third-order valence-corrected chi connectivity index (χ3v) is 4.14. The van der Waals surface area contributed by atoms with Gasteiger partial charge in [0.05, 0.1) is 11.4 Å². The van der Waals surface area contributed by atoms with Crippen molar-refractivity contribution < 1.29 is 19.1 Å². The molecule has 1 N–H and O–H groups in total. The average molecular weight is 413 g/mol. The maximum Gasteiger partial charge on any atom is 0.361 e. The van der Waals surface area contributed by atoms with E-state index in [1.54, 1.807) is 55.5 Å². The number of ketones is 1. The maximum atomic E-state index is 12.3. The number of aromatic nitrogens is 3. The molecule has 148 valence electrons. The van der Waals surface area contributed by atoms with Crippen LogP contribution in [-0.4, -0.2) is 39.3 Å². The first-order valence-electron chi connectivity index (χ1n) is 8.61. The van der Waals surface area contributed by atoms with Crippen LogP contribution in [-0.2, 0) is 9.53 Å². The molecule has 0 unspecified atom stereocenters. The number of aryl methyl sites for hydroxylation is 1. The van der Waals surface area contributed by atoms with Gasteiger partial charge in [-0.05, 0) is 44.2 Å². The number of benzene rings is 2. The number of esters is 1. The van der Waals surface area contributed by atoms with E-state index in [0.29, 0.717) is 27.7 Å². The van der Waals surface area contributed by atoms with Crippen LogP contribution < -0.4 is 5.32 Å². The van der Waals surface area contributed by atoms with Gasteiger partial charge >= 0.3 is 5.97 Å². The summed E-state index contributed by atoms with van der Waals surface area (Å²) in [7, 11) is 0. The zero-order chi connectivity index (χ0) is 21.0. The van der Waals surface area contributed by atoms with Crippen LogP contribution in [0.15, 0.2) is 48.5 Å². The normalized spacial score (nSPS) is 10.4. The molecule has 0 atom stereocenters. The van der Waals surface area contributed by atoms with Crippen molar-refractivity contribution in [3.8, 4) is 5.69 Å². The number of Topliss-reactive ketones (excluding diaryl/α,β-unsaturated/α-hetero) is 1. The Kier molecular flexibility index (Phi) is 6.04. The van der Waals surface area contributed by atoms with E-state index in [1.165, 1.54) is 11.7 Å². The Morgan fingerprint density at radius 1 is 1.10 bits per heavy atom. The predicted molar refractivity (Wildman–Crippen MR) is 106 cm³/mol.